The summed E-state index contributed by atoms with van der Waals surface area (Å²) in [7, 11) is 0. The van der Waals surface area contributed by atoms with Gasteiger partial charge in [-0.25, -0.2) is 9.59 Å². The minimum atomic E-state index is -1.43. The van der Waals surface area contributed by atoms with E-state index in [1.165, 1.54) is 0 Å². The highest BCUT2D eigenvalue weighted by molar-refractivity contribution is 5.88. The van der Waals surface area contributed by atoms with E-state index in [1.54, 1.807) is 51.1 Å². The van der Waals surface area contributed by atoms with Gasteiger partial charge in [0.05, 0.1) is 0 Å². The zero-order chi connectivity index (χ0) is 15.7. The Morgan fingerprint density at radius 2 is 2.00 bits per heavy atom. The molecule has 1 aliphatic rings. The zero-order valence-corrected chi connectivity index (χ0v) is 12.3. The second-order valence-corrected chi connectivity index (χ2v) is 5.96. The van der Waals surface area contributed by atoms with Crippen LogP contribution in [0.25, 0.3) is 0 Å². The molecule has 1 aromatic carbocycles. The summed E-state index contributed by atoms with van der Waals surface area (Å²) < 4.78 is 10.00. The number of benzene rings is 1. The molecule has 0 aliphatic carbocycles. The van der Waals surface area contributed by atoms with Gasteiger partial charge < -0.3 is 19.9 Å². The van der Waals surface area contributed by atoms with Gasteiger partial charge in [-0.2, -0.15) is 0 Å². The zero-order valence-electron chi connectivity index (χ0n) is 12.3. The Balaban J connectivity index is 2.31. The van der Waals surface area contributed by atoms with E-state index in [9.17, 15) is 14.7 Å². The van der Waals surface area contributed by atoms with Gasteiger partial charge in [0.1, 0.15) is 5.60 Å². The first-order chi connectivity index (χ1) is 9.73. The van der Waals surface area contributed by atoms with Crippen molar-refractivity contribution in [3.8, 4) is 0 Å². The van der Waals surface area contributed by atoms with Crippen molar-refractivity contribution in [3.05, 3.63) is 35.9 Å². The third-order valence-electron chi connectivity index (χ3n) is 3.05. The summed E-state index contributed by atoms with van der Waals surface area (Å²) in [6, 6.07) is 8.66. The Bertz CT molecular complexity index is 537. The van der Waals surface area contributed by atoms with Crippen LogP contribution in [0.4, 0.5) is 4.79 Å². The highest BCUT2D eigenvalue weighted by Crippen LogP contribution is 2.34. The number of aliphatic hydroxyl groups excluding tert-OH is 1. The molecule has 1 saturated heterocycles. The van der Waals surface area contributed by atoms with Gasteiger partial charge in [-0.05, 0) is 26.3 Å². The number of carbonyl (C=O) groups excluding carboxylic acids is 2. The van der Waals surface area contributed by atoms with Crippen molar-refractivity contribution in [2.24, 2.45) is 0 Å². The minimum Gasteiger partial charge on any atom is -0.444 e. The normalized spacial score (nSPS) is 25.3. The SMILES string of the molecule is CC(C)(C)OC(=O)NC1(c2ccccc2)CC(O)OC1=O. The molecule has 6 nitrogen and oxygen atoms in total. The molecule has 2 atom stereocenters. The summed E-state index contributed by atoms with van der Waals surface area (Å²) in [5.74, 6) is -0.702. The Kier molecular flexibility index (Phi) is 3.91. The summed E-state index contributed by atoms with van der Waals surface area (Å²) in [6.07, 6.45) is -2.06. The van der Waals surface area contributed by atoms with Crippen molar-refractivity contribution in [2.75, 3.05) is 0 Å². The van der Waals surface area contributed by atoms with Crippen LogP contribution in [0.3, 0.4) is 0 Å². The molecule has 0 spiro atoms. The molecular weight excluding hydrogens is 274 g/mol. The number of alkyl carbamates (subject to hydrolysis) is 1. The minimum absolute atomic E-state index is 0.0604. The Morgan fingerprint density at radius 1 is 1.38 bits per heavy atom. The van der Waals surface area contributed by atoms with Gasteiger partial charge in [0.15, 0.2) is 5.54 Å². The number of rotatable bonds is 2. The fraction of sp³-hybridized carbons (Fsp3) is 0.467. The Morgan fingerprint density at radius 3 is 2.48 bits per heavy atom. The van der Waals surface area contributed by atoms with E-state index in [2.05, 4.69) is 5.32 Å². The van der Waals surface area contributed by atoms with E-state index in [4.69, 9.17) is 9.47 Å². The van der Waals surface area contributed by atoms with Crippen LogP contribution in [0.15, 0.2) is 30.3 Å². The van der Waals surface area contributed by atoms with Crippen molar-refractivity contribution >= 4 is 12.1 Å². The molecule has 0 saturated carbocycles. The number of ether oxygens (including phenoxy) is 2. The van der Waals surface area contributed by atoms with E-state index in [1.807, 2.05) is 0 Å². The maximum Gasteiger partial charge on any atom is 0.408 e. The van der Waals surface area contributed by atoms with Gasteiger partial charge in [0, 0.05) is 6.42 Å². The van der Waals surface area contributed by atoms with Crippen molar-refractivity contribution in [2.45, 2.75) is 44.6 Å². The fourth-order valence-corrected chi connectivity index (χ4v) is 2.22. The van der Waals surface area contributed by atoms with Gasteiger partial charge in [0.25, 0.3) is 0 Å². The quantitative estimate of drug-likeness (QED) is 0.810. The first-order valence-corrected chi connectivity index (χ1v) is 6.69. The second kappa shape index (κ2) is 5.37. The summed E-state index contributed by atoms with van der Waals surface area (Å²) in [5.41, 5.74) is -1.58. The molecule has 6 heteroatoms. The Hall–Kier alpha value is -2.08. The third-order valence-corrected chi connectivity index (χ3v) is 3.05. The topological polar surface area (TPSA) is 84.9 Å². The summed E-state index contributed by atoms with van der Waals surface area (Å²) in [5, 5.41) is 12.2. The maximum absolute atomic E-state index is 12.2. The van der Waals surface area contributed by atoms with Gasteiger partial charge >= 0.3 is 12.1 Å². The maximum atomic E-state index is 12.2. The van der Waals surface area contributed by atoms with E-state index >= 15 is 0 Å². The Labute approximate surface area is 123 Å². The molecule has 1 aromatic rings. The molecule has 2 unspecified atom stereocenters. The molecular formula is C15H19NO5. The molecule has 2 rings (SSSR count). The third kappa shape index (κ3) is 3.33. The molecule has 1 fully saturated rings. The van der Waals surface area contributed by atoms with Crippen molar-refractivity contribution in [1.29, 1.82) is 0 Å². The molecule has 0 radical (unpaired) electrons. The van der Waals surface area contributed by atoms with Crippen LogP contribution >= 0.6 is 0 Å². The summed E-state index contributed by atoms with van der Waals surface area (Å²) in [6.45, 7) is 5.18. The molecule has 114 valence electrons. The highest BCUT2D eigenvalue weighted by atomic mass is 16.6. The average molecular weight is 293 g/mol. The van der Waals surface area contributed by atoms with E-state index in [0.29, 0.717) is 5.56 Å². The lowest BCUT2D eigenvalue weighted by molar-refractivity contribution is -0.156. The summed E-state index contributed by atoms with van der Waals surface area (Å²) in [4.78, 5) is 24.2. The number of aliphatic hydroxyl groups is 1. The summed E-state index contributed by atoms with van der Waals surface area (Å²) >= 11 is 0. The first-order valence-electron chi connectivity index (χ1n) is 6.69. The number of hydrogen-bond acceptors (Lipinski definition) is 5. The molecule has 1 amide bonds. The molecule has 0 bridgehead atoms. The van der Waals surface area contributed by atoms with E-state index in [-0.39, 0.29) is 6.42 Å². The highest BCUT2D eigenvalue weighted by Gasteiger charge is 2.52. The average Bonchev–Trinajstić information content (AvgIpc) is 2.63. The number of nitrogens with one attached hydrogen (secondary N) is 1. The molecule has 21 heavy (non-hydrogen) atoms. The largest absolute Gasteiger partial charge is 0.444 e. The molecule has 1 aliphatic heterocycles. The van der Waals surface area contributed by atoms with Gasteiger partial charge in [0.2, 0.25) is 6.29 Å². The van der Waals surface area contributed by atoms with Crippen LogP contribution < -0.4 is 5.32 Å². The number of esters is 1. The van der Waals surface area contributed by atoms with E-state index < -0.39 is 29.5 Å². The van der Waals surface area contributed by atoms with Crippen LogP contribution in [0, 0.1) is 0 Å². The number of carbonyl (C=O) groups is 2. The molecule has 0 aromatic heterocycles. The standard InChI is InChI=1S/C15H19NO5/c1-14(2,3)21-13(19)16-15(9-11(17)20-12(15)18)10-7-5-4-6-8-10/h4-8,11,17H,9H2,1-3H3,(H,16,19). The molecule has 2 N–H and O–H groups in total. The van der Waals surface area contributed by atoms with Gasteiger partial charge in [-0.3, -0.25) is 0 Å². The monoisotopic (exact) mass is 293 g/mol. The fourth-order valence-electron chi connectivity index (χ4n) is 2.22. The molecule has 1 heterocycles. The lowest BCUT2D eigenvalue weighted by atomic mass is 9.88. The number of hydrogen-bond donors (Lipinski definition) is 2. The van der Waals surface area contributed by atoms with Crippen molar-refractivity contribution in [1.82, 2.24) is 5.32 Å². The van der Waals surface area contributed by atoms with Crippen molar-refractivity contribution in [3.63, 3.8) is 0 Å². The number of amides is 1. The van der Waals surface area contributed by atoms with E-state index in [0.717, 1.165) is 0 Å². The predicted octanol–water partition coefficient (Wildman–Crippen LogP) is 1.67. The van der Waals surface area contributed by atoms with Crippen LogP contribution in [-0.4, -0.2) is 29.1 Å². The van der Waals surface area contributed by atoms with Crippen LogP contribution in [-0.2, 0) is 19.8 Å². The lowest BCUT2D eigenvalue weighted by Crippen LogP contribution is -2.50. The van der Waals surface area contributed by atoms with Crippen LogP contribution in [0.5, 0.6) is 0 Å². The van der Waals surface area contributed by atoms with Crippen LogP contribution in [0.1, 0.15) is 32.8 Å². The van der Waals surface area contributed by atoms with Crippen molar-refractivity contribution < 1.29 is 24.2 Å². The van der Waals surface area contributed by atoms with Gasteiger partial charge in [-0.15, -0.1) is 0 Å². The second-order valence-electron chi connectivity index (χ2n) is 5.96. The number of cyclic esters (lactones) is 1. The smallest absolute Gasteiger partial charge is 0.408 e. The first kappa shape index (κ1) is 15.3. The van der Waals surface area contributed by atoms with Gasteiger partial charge in [-0.1, -0.05) is 30.3 Å². The predicted molar refractivity (Wildman–Crippen MR) is 74.2 cm³/mol. The lowest BCUT2D eigenvalue weighted by Gasteiger charge is -2.28. The van der Waals surface area contributed by atoms with Crippen LogP contribution in [0.2, 0.25) is 0 Å².